The van der Waals surface area contributed by atoms with Gasteiger partial charge in [-0.15, -0.1) is 10.2 Å². The van der Waals surface area contributed by atoms with Gasteiger partial charge >= 0.3 is 0 Å². The van der Waals surface area contributed by atoms with Crippen LogP contribution < -0.4 is 9.64 Å². The minimum Gasteiger partial charge on any atom is -0.471 e. The maximum absolute atomic E-state index is 12.8. The molecule has 1 aromatic carbocycles. The summed E-state index contributed by atoms with van der Waals surface area (Å²) in [6.45, 7) is 1.19. The Morgan fingerprint density at radius 2 is 2.12 bits per heavy atom. The molecule has 0 bridgehead atoms. The number of rotatable bonds is 4. The van der Waals surface area contributed by atoms with Gasteiger partial charge in [-0.3, -0.25) is 4.79 Å². The number of hydrogen-bond donors (Lipinski definition) is 0. The summed E-state index contributed by atoms with van der Waals surface area (Å²) in [6.07, 6.45) is 1.62. The number of anilines is 1. The summed E-state index contributed by atoms with van der Waals surface area (Å²) >= 11 is 9.58. The molecule has 2 heterocycles. The van der Waals surface area contributed by atoms with Crippen LogP contribution in [0.5, 0.6) is 5.88 Å². The average Bonchev–Trinajstić information content (AvgIpc) is 2.64. The Balaban J connectivity index is 1.67. The van der Waals surface area contributed by atoms with E-state index in [0.717, 1.165) is 23.1 Å². The van der Waals surface area contributed by atoms with E-state index in [1.807, 2.05) is 31.1 Å². The molecule has 138 valence electrons. The van der Waals surface area contributed by atoms with Gasteiger partial charge in [-0.25, -0.2) is 0 Å². The summed E-state index contributed by atoms with van der Waals surface area (Å²) in [5.41, 5.74) is 0.497. The highest BCUT2D eigenvalue weighted by molar-refractivity contribution is 9.10. The molecule has 0 N–H and O–H groups in total. The Hall–Kier alpha value is -1.86. The number of aromatic nitrogens is 2. The second-order valence-corrected chi connectivity index (χ2v) is 7.70. The molecule has 0 saturated carbocycles. The van der Waals surface area contributed by atoms with Gasteiger partial charge in [-0.2, -0.15) is 0 Å². The van der Waals surface area contributed by atoms with Crippen molar-refractivity contribution in [1.29, 1.82) is 0 Å². The van der Waals surface area contributed by atoms with Crippen molar-refractivity contribution in [2.24, 2.45) is 0 Å². The molecule has 1 atom stereocenters. The van der Waals surface area contributed by atoms with Crippen LogP contribution in [0.4, 0.5) is 5.82 Å². The Kier molecular flexibility index (Phi) is 5.98. The van der Waals surface area contributed by atoms with Crippen LogP contribution in [0.1, 0.15) is 23.2 Å². The Bertz CT molecular complexity index is 785. The number of benzene rings is 1. The number of piperidine rings is 1. The topological polar surface area (TPSA) is 58.6 Å². The molecule has 1 unspecified atom stereocenters. The zero-order chi connectivity index (χ0) is 18.7. The van der Waals surface area contributed by atoms with Crippen LogP contribution in [-0.4, -0.2) is 54.3 Å². The van der Waals surface area contributed by atoms with Crippen LogP contribution in [0.2, 0.25) is 5.02 Å². The van der Waals surface area contributed by atoms with E-state index in [1.54, 1.807) is 23.1 Å². The van der Waals surface area contributed by atoms with Crippen molar-refractivity contribution in [3.63, 3.8) is 0 Å². The summed E-state index contributed by atoms with van der Waals surface area (Å²) in [5, 5.41) is 8.67. The zero-order valence-electron chi connectivity index (χ0n) is 14.7. The molecule has 1 aliphatic heterocycles. The second-order valence-electron chi connectivity index (χ2n) is 6.38. The average molecular weight is 440 g/mol. The first-order valence-electron chi connectivity index (χ1n) is 8.36. The normalized spacial score (nSPS) is 17.1. The molecule has 1 saturated heterocycles. The summed E-state index contributed by atoms with van der Waals surface area (Å²) in [5.74, 6) is 1.15. The number of carbonyl (C=O) groups is 1. The Morgan fingerprint density at radius 3 is 2.81 bits per heavy atom. The largest absolute Gasteiger partial charge is 0.471 e. The van der Waals surface area contributed by atoms with E-state index in [-0.39, 0.29) is 12.0 Å². The maximum Gasteiger partial charge on any atom is 0.255 e. The van der Waals surface area contributed by atoms with E-state index in [1.165, 1.54) is 0 Å². The van der Waals surface area contributed by atoms with E-state index in [9.17, 15) is 4.79 Å². The predicted molar refractivity (Wildman–Crippen MR) is 105 cm³/mol. The Labute approximate surface area is 166 Å². The van der Waals surface area contributed by atoms with E-state index >= 15 is 0 Å². The third-order valence-electron chi connectivity index (χ3n) is 4.20. The first-order chi connectivity index (χ1) is 12.4. The quantitative estimate of drug-likeness (QED) is 0.728. The highest BCUT2D eigenvalue weighted by Gasteiger charge is 2.27. The molecule has 0 aliphatic carbocycles. The molecule has 1 aliphatic rings. The molecule has 2 aromatic rings. The van der Waals surface area contributed by atoms with Crippen molar-refractivity contribution in [2.45, 2.75) is 18.9 Å². The molecule has 8 heteroatoms. The molecule has 0 radical (unpaired) electrons. The molecule has 1 fully saturated rings. The van der Waals surface area contributed by atoms with Gasteiger partial charge in [0.2, 0.25) is 5.88 Å². The standard InChI is InChI=1S/C18H20BrClN4O2/c1-23(2)16-7-8-17(22-21-16)26-13-4-3-9-24(11-13)18(25)14-10-12(19)5-6-15(14)20/h5-8,10,13H,3-4,9,11H2,1-2H3. The van der Waals surface area contributed by atoms with Crippen molar-refractivity contribution >= 4 is 39.3 Å². The van der Waals surface area contributed by atoms with E-state index in [4.69, 9.17) is 16.3 Å². The van der Waals surface area contributed by atoms with E-state index in [0.29, 0.717) is 29.6 Å². The lowest BCUT2D eigenvalue weighted by Crippen LogP contribution is -2.44. The molecule has 3 rings (SSSR count). The fourth-order valence-electron chi connectivity index (χ4n) is 2.84. The second kappa shape index (κ2) is 8.22. The highest BCUT2D eigenvalue weighted by atomic mass is 79.9. The van der Waals surface area contributed by atoms with Gasteiger partial charge in [-0.1, -0.05) is 27.5 Å². The van der Waals surface area contributed by atoms with Crippen molar-refractivity contribution in [2.75, 3.05) is 32.1 Å². The zero-order valence-corrected chi connectivity index (χ0v) is 17.0. The summed E-state index contributed by atoms with van der Waals surface area (Å²) in [7, 11) is 3.81. The van der Waals surface area contributed by atoms with Gasteiger partial charge in [-0.05, 0) is 37.1 Å². The summed E-state index contributed by atoms with van der Waals surface area (Å²) < 4.78 is 6.76. The minimum atomic E-state index is -0.113. The van der Waals surface area contributed by atoms with Gasteiger partial charge in [0, 0.05) is 31.2 Å². The molecule has 1 aromatic heterocycles. The van der Waals surface area contributed by atoms with Gasteiger partial charge in [0.15, 0.2) is 5.82 Å². The van der Waals surface area contributed by atoms with Gasteiger partial charge in [0.1, 0.15) is 6.10 Å². The molecule has 26 heavy (non-hydrogen) atoms. The molecule has 1 amide bonds. The monoisotopic (exact) mass is 438 g/mol. The van der Waals surface area contributed by atoms with Crippen molar-refractivity contribution in [3.8, 4) is 5.88 Å². The summed E-state index contributed by atoms with van der Waals surface area (Å²) in [6, 6.07) is 8.94. The van der Waals surface area contributed by atoms with Gasteiger partial charge < -0.3 is 14.5 Å². The first kappa shape index (κ1) is 18.9. The van der Waals surface area contributed by atoms with Crippen LogP contribution in [-0.2, 0) is 0 Å². The third kappa shape index (κ3) is 4.45. The van der Waals surface area contributed by atoms with E-state index < -0.39 is 0 Å². The molecule has 6 nitrogen and oxygen atoms in total. The SMILES string of the molecule is CN(C)c1ccc(OC2CCCN(C(=O)c3cc(Br)ccc3Cl)C2)nn1. The number of halogens is 2. The van der Waals surface area contributed by atoms with Crippen molar-refractivity contribution < 1.29 is 9.53 Å². The van der Waals surface area contributed by atoms with Crippen LogP contribution in [0.3, 0.4) is 0 Å². The van der Waals surface area contributed by atoms with Crippen LogP contribution in [0.25, 0.3) is 0 Å². The lowest BCUT2D eigenvalue weighted by atomic mass is 10.1. The molecular weight excluding hydrogens is 420 g/mol. The smallest absolute Gasteiger partial charge is 0.255 e. The number of likely N-dealkylation sites (tertiary alicyclic amines) is 1. The number of amides is 1. The number of hydrogen-bond acceptors (Lipinski definition) is 5. The van der Waals surface area contributed by atoms with Crippen LogP contribution in [0.15, 0.2) is 34.8 Å². The highest BCUT2D eigenvalue weighted by Crippen LogP contribution is 2.25. The minimum absolute atomic E-state index is 0.0846. The van der Waals surface area contributed by atoms with Gasteiger partial charge in [0.05, 0.1) is 17.1 Å². The van der Waals surface area contributed by atoms with Crippen LogP contribution in [0, 0.1) is 0 Å². The van der Waals surface area contributed by atoms with E-state index in [2.05, 4.69) is 26.1 Å². The fourth-order valence-corrected chi connectivity index (χ4v) is 3.40. The Morgan fingerprint density at radius 1 is 1.31 bits per heavy atom. The number of carbonyl (C=O) groups excluding carboxylic acids is 1. The lowest BCUT2D eigenvalue weighted by Gasteiger charge is -2.32. The maximum atomic E-state index is 12.8. The number of nitrogens with zero attached hydrogens (tertiary/aromatic N) is 4. The lowest BCUT2D eigenvalue weighted by molar-refractivity contribution is 0.0525. The number of ether oxygens (including phenoxy) is 1. The predicted octanol–water partition coefficient (Wildman–Crippen LogP) is 3.64. The molecule has 0 spiro atoms. The first-order valence-corrected chi connectivity index (χ1v) is 9.53. The molecular formula is C18H20BrClN4O2. The van der Waals surface area contributed by atoms with Crippen molar-refractivity contribution in [1.82, 2.24) is 15.1 Å². The third-order valence-corrected chi connectivity index (χ3v) is 5.02. The summed E-state index contributed by atoms with van der Waals surface area (Å²) in [4.78, 5) is 16.5. The van der Waals surface area contributed by atoms with Crippen molar-refractivity contribution in [3.05, 3.63) is 45.4 Å². The fraction of sp³-hybridized carbons (Fsp3) is 0.389. The van der Waals surface area contributed by atoms with Crippen LogP contribution >= 0.6 is 27.5 Å². The van der Waals surface area contributed by atoms with Gasteiger partial charge in [0.25, 0.3) is 5.91 Å².